The third kappa shape index (κ3) is 4.33. The van der Waals surface area contributed by atoms with Gasteiger partial charge in [-0.3, -0.25) is 0 Å². The molecule has 1 N–H and O–H groups in total. The normalized spacial score (nSPS) is 15.4. The molecule has 1 saturated carbocycles. The summed E-state index contributed by atoms with van der Waals surface area (Å²) < 4.78 is 32.6. The van der Waals surface area contributed by atoms with Gasteiger partial charge in [0.05, 0.1) is 4.90 Å². The highest BCUT2D eigenvalue weighted by molar-refractivity contribution is 7.91. The number of nitrogens with zero attached hydrogens (tertiary/aromatic N) is 1. The van der Waals surface area contributed by atoms with Gasteiger partial charge >= 0.3 is 0 Å². The number of hydrogen-bond donors (Lipinski definition) is 1. The van der Waals surface area contributed by atoms with Gasteiger partial charge in [-0.05, 0) is 56.2 Å². The van der Waals surface area contributed by atoms with Crippen LogP contribution in [0.2, 0.25) is 5.02 Å². The Morgan fingerprint density at radius 2 is 1.66 bits per heavy atom. The summed E-state index contributed by atoms with van der Waals surface area (Å²) in [4.78, 5) is 4.59. The molecule has 0 amide bonds. The molecule has 0 spiro atoms. The van der Waals surface area contributed by atoms with Crippen molar-refractivity contribution in [2.24, 2.45) is 0 Å². The van der Waals surface area contributed by atoms with Crippen molar-refractivity contribution in [3.8, 4) is 11.5 Å². The van der Waals surface area contributed by atoms with Crippen molar-refractivity contribution in [1.29, 1.82) is 0 Å². The minimum Gasteiger partial charge on any atom is -0.419 e. The summed E-state index contributed by atoms with van der Waals surface area (Å²) in [6.45, 7) is 1.92. The zero-order valence-corrected chi connectivity index (χ0v) is 17.8. The van der Waals surface area contributed by atoms with Gasteiger partial charge in [0, 0.05) is 16.6 Å². The molecular formula is C22H23ClN2O3S. The zero-order chi connectivity index (χ0) is 20.4. The van der Waals surface area contributed by atoms with Crippen LogP contribution in [0.25, 0.3) is 11.5 Å². The van der Waals surface area contributed by atoms with E-state index in [1.54, 1.807) is 48.5 Å². The Bertz CT molecular complexity index is 1080. The first-order chi connectivity index (χ1) is 13.9. The first kappa shape index (κ1) is 20.0. The average Bonchev–Trinajstić information content (AvgIpc) is 3.14. The van der Waals surface area contributed by atoms with Gasteiger partial charge in [-0.2, -0.15) is 4.98 Å². The van der Waals surface area contributed by atoms with Crippen molar-refractivity contribution >= 4 is 27.3 Å². The van der Waals surface area contributed by atoms with Crippen LogP contribution in [-0.4, -0.2) is 19.4 Å². The minimum atomic E-state index is -3.83. The van der Waals surface area contributed by atoms with E-state index in [1.807, 2.05) is 6.92 Å². The number of hydrogen-bond acceptors (Lipinski definition) is 5. The Labute approximate surface area is 176 Å². The lowest BCUT2D eigenvalue weighted by Gasteiger charge is -2.22. The van der Waals surface area contributed by atoms with E-state index in [4.69, 9.17) is 16.0 Å². The summed E-state index contributed by atoms with van der Waals surface area (Å²) in [5.41, 5.74) is 1.66. The zero-order valence-electron chi connectivity index (χ0n) is 16.2. The van der Waals surface area contributed by atoms with Crippen LogP contribution in [0.15, 0.2) is 62.9 Å². The highest BCUT2D eigenvalue weighted by atomic mass is 35.5. The number of sulfone groups is 1. The van der Waals surface area contributed by atoms with E-state index in [-0.39, 0.29) is 27.7 Å². The van der Waals surface area contributed by atoms with Crippen LogP contribution in [0.3, 0.4) is 0 Å². The van der Waals surface area contributed by atoms with Crippen molar-refractivity contribution in [3.63, 3.8) is 0 Å². The van der Waals surface area contributed by atoms with E-state index < -0.39 is 9.84 Å². The van der Waals surface area contributed by atoms with Crippen molar-refractivity contribution < 1.29 is 12.8 Å². The van der Waals surface area contributed by atoms with E-state index in [1.165, 1.54) is 6.42 Å². The molecule has 4 rings (SSSR count). The minimum absolute atomic E-state index is 0.0723. The number of aromatic nitrogens is 1. The first-order valence-electron chi connectivity index (χ1n) is 9.78. The van der Waals surface area contributed by atoms with E-state index in [0.717, 1.165) is 31.2 Å². The lowest BCUT2D eigenvalue weighted by molar-refractivity contribution is 0.450. The summed E-state index contributed by atoms with van der Waals surface area (Å²) in [6, 6.07) is 13.9. The molecule has 0 atom stereocenters. The molecule has 1 heterocycles. The number of rotatable bonds is 5. The molecule has 1 aliphatic rings. The summed E-state index contributed by atoms with van der Waals surface area (Å²) in [6.07, 6.45) is 5.42. The largest absolute Gasteiger partial charge is 0.419 e. The predicted octanol–water partition coefficient (Wildman–Crippen LogP) is 5.88. The van der Waals surface area contributed by atoms with Crippen LogP contribution in [-0.2, 0) is 9.84 Å². The van der Waals surface area contributed by atoms with E-state index in [0.29, 0.717) is 10.6 Å². The van der Waals surface area contributed by atoms with Crippen LogP contribution in [0.5, 0.6) is 0 Å². The number of halogens is 1. The molecule has 7 heteroatoms. The number of anilines is 1. The predicted molar refractivity (Wildman–Crippen MR) is 114 cm³/mol. The van der Waals surface area contributed by atoms with Gasteiger partial charge in [-0.25, -0.2) is 8.42 Å². The molecule has 1 fully saturated rings. The fraction of sp³-hybridized carbons (Fsp3) is 0.318. The Kier molecular flexibility index (Phi) is 5.65. The van der Waals surface area contributed by atoms with Gasteiger partial charge in [0.15, 0.2) is 0 Å². The highest BCUT2D eigenvalue weighted by Gasteiger charge is 2.30. The Morgan fingerprint density at radius 3 is 2.31 bits per heavy atom. The maximum Gasteiger partial charge on any atom is 0.234 e. The third-order valence-electron chi connectivity index (χ3n) is 5.21. The van der Waals surface area contributed by atoms with Crippen LogP contribution in [0.1, 0.15) is 37.7 Å². The molecule has 152 valence electrons. The van der Waals surface area contributed by atoms with Gasteiger partial charge in [0.2, 0.25) is 26.6 Å². The Balaban J connectivity index is 1.77. The summed E-state index contributed by atoms with van der Waals surface area (Å²) >= 11 is 5.97. The summed E-state index contributed by atoms with van der Waals surface area (Å²) in [5, 5.41) is 3.82. The quantitative estimate of drug-likeness (QED) is 0.547. The maximum atomic E-state index is 13.3. The molecule has 2 aromatic carbocycles. The van der Waals surface area contributed by atoms with Crippen LogP contribution < -0.4 is 5.32 Å². The molecule has 1 aliphatic carbocycles. The topological polar surface area (TPSA) is 72.2 Å². The van der Waals surface area contributed by atoms with E-state index in [2.05, 4.69) is 10.3 Å². The van der Waals surface area contributed by atoms with Crippen molar-refractivity contribution in [3.05, 3.63) is 59.1 Å². The van der Waals surface area contributed by atoms with Crippen LogP contribution >= 0.6 is 11.6 Å². The first-order valence-corrected chi connectivity index (χ1v) is 11.6. The van der Waals surface area contributed by atoms with Gasteiger partial charge < -0.3 is 9.73 Å². The SMILES string of the molecule is Cc1ccc(S(=O)(=O)c2nc(-c3ccc(Cl)cc3)oc2NC2CCCCC2)cc1. The molecule has 5 nitrogen and oxygen atoms in total. The number of oxazole rings is 1. The monoisotopic (exact) mass is 430 g/mol. The molecular weight excluding hydrogens is 408 g/mol. The molecule has 0 saturated heterocycles. The van der Waals surface area contributed by atoms with Crippen LogP contribution in [0.4, 0.5) is 5.88 Å². The average molecular weight is 431 g/mol. The molecule has 0 unspecified atom stereocenters. The Morgan fingerprint density at radius 1 is 1.00 bits per heavy atom. The maximum absolute atomic E-state index is 13.3. The number of aryl methyl sites for hydroxylation is 1. The lowest BCUT2D eigenvalue weighted by atomic mass is 9.96. The highest BCUT2D eigenvalue weighted by Crippen LogP contribution is 2.34. The molecule has 29 heavy (non-hydrogen) atoms. The molecule has 0 bridgehead atoms. The van der Waals surface area contributed by atoms with Crippen LogP contribution in [0, 0.1) is 6.92 Å². The fourth-order valence-electron chi connectivity index (χ4n) is 3.56. The standard InChI is InChI=1S/C22H23ClN2O3S/c1-15-7-13-19(14-8-15)29(26,27)22-21(24-18-5-3-2-4-6-18)28-20(25-22)16-9-11-17(23)12-10-16/h7-14,18,24H,2-6H2,1H3. The van der Waals surface area contributed by atoms with Crippen molar-refractivity contribution in [2.75, 3.05) is 5.32 Å². The van der Waals surface area contributed by atoms with Gasteiger partial charge in [-0.1, -0.05) is 48.6 Å². The molecule has 3 aromatic rings. The second kappa shape index (κ2) is 8.20. The fourth-order valence-corrected chi connectivity index (χ4v) is 4.95. The van der Waals surface area contributed by atoms with E-state index >= 15 is 0 Å². The summed E-state index contributed by atoms with van der Waals surface area (Å²) in [7, 11) is -3.83. The molecule has 0 radical (unpaired) electrons. The molecule has 1 aromatic heterocycles. The summed E-state index contributed by atoms with van der Waals surface area (Å²) in [5.74, 6) is 0.466. The van der Waals surface area contributed by atoms with Gasteiger partial charge in [-0.15, -0.1) is 0 Å². The smallest absolute Gasteiger partial charge is 0.234 e. The second-order valence-electron chi connectivity index (χ2n) is 7.46. The Hall–Kier alpha value is -2.31. The van der Waals surface area contributed by atoms with Gasteiger partial charge in [0.1, 0.15) is 0 Å². The van der Waals surface area contributed by atoms with Crippen molar-refractivity contribution in [1.82, 2.24) is 4.98 Å². The number of nitrogens with one attached hydrogen (secondary N) is 1. The van der Waals surface area contributed by atoms with Gasteiger partial charge in [0.25, 0.3) is 0 Å². The van der Waals surface area contributed by atoms with Crippen molar-refractivity contribution in [2.45, 2.75) is 55.0 Å². The second-order valence-corrected chi connectivity index (χ2v) is 9.76. The number of benzene rings is 2. The lowest BCUT2D eigenvalue weighted by Crippen LogP contribution is -2.23. The molecule has 0 aliphatic heterocycles. The van der Waals surface area contributed by atoms with E-state index in [9.17, 15) is 8.42 Å². The third-order valence-corrected chi connectivity index (χ3v) is 7.14.